The first kappa shape index (κ1) is 18.1. The van der Waals surface area contributed by atoms with Gasteiger partial charge in [0.1, 0.15) is 5.82 Å². The molecular weight excluding hydrogens is 334 g/mol. The van der Waals surface area contributed by atoms with E-state index in [4.69, 9.17) is 0 Å². The second-order valence-electron chi connectivity index (χ2n) is 6.46. The molecule has 0 saturated carbocycles. The molecule has 136 valence electrons. The average molecular weight is 362 g/mol. The Bertz CT molecular complexity index is 709. The maximum atomic E-state index is 12.3. The highest BCUT2D eigenvalue weighted by Gasteiger charge is 2.20. The van der Waals surface area contributed by atoms with Gasteiger partial charge in [0.2, 0.25) is 0 Å². The minimum absolute atomic E-state index is 0.0387. The second-order valence-corrected chi connectivity index (χ2v) is 7.44. The van der Waals surface area contributed by atoms with E-state index in [1.54, 1.807) is 0 Å². The standard InChI is InChI=1S/C18H27N5OS/c1-14-4-3-5-15-17(14)21-16(20-15)6-7-19-18(24)23-10-8-22(9-11-23)12-13-25-2/h3-5H,6-13H2,1-2H3,(H,19,24)(H,20,21). The number of amides is 2. The number of nitrogens with one attached hydrogen (secondary N) is 2. The van der Waals surface area contributed by atoms with Crippen LogP contribution in [0.15, 0.2) is 18.2 Å². The summed E-state index contributed by atoms with van der Waals surface area (Å²) in [7, 11) is 0. The van der Waals surface area contributed by atoms with E-state index in [0.29, 0.717) is 13.0 Å². The molecule has 7 heteroatoms. The molecule has 0 atom stereocenters. The topological polar surface area (TPSA) is 64.3 Å². The summed E-state index contributed by atoms with van der Waals surface area (Å²) in [5.41, 5.74) is 3.25. The smallest absolute Gasteiger partial charge is 0.317 e. The van der Waals surface area contributed by atoms with Gasteiger partial charge < -0.3 is 15.2 Å². The molecule has 1 aliphatic rings. The van der Waals surface area contributed by atoms with Crippen molar-refractivity contribution in [3.05, 3.63) is 29.6 Å². The van der Waals surface area contributed by atoms with Gasteiger partial charge >= 0.3 is 6.03 Å². The number of hydrogen-bond acceptors (Lipinski definition) is 4. The Morgan fingerprint density at radius 3 is 2.84 bits per heavy atom. The lowest BCUT2D eigenvalue weighted by Gasteiger charge is -2.34. The number of aromatic amines is 1. The van der Waals surface area contributed by atoms with Gasteiger partial charge in [0.05, 0.1) is 11.0 Å². The van der Waals surface area contributed by atoms with Crippen molar-refractivity contribution in [2.75, 3.05) is 51.3 Å². The van der Waals surface area contributed by atoms with Crippen molar-refractivity contribution in [3.8, 4) is 0 Å². The molecule has 25 heavy (non-hydrogen) atoms. The van der Waals surface area contributed by atoms with E-state index in [1.807, 2.05) is 28.8 Å². The van der Waals surface area contributed by atoms with Crippen LogP contribution in [0.4, 0.5) is 4.79 Å². The number of urea groups is 1. The van der Waals surface area contributed by atoms with Crippen molar-refractivity contribution in [3.63, 3.8) is 0 Å². The number of benzene rings is 1. The van der Waals surface area contributed by atoms with E-state index in [9.17, 15) is 4.79 Å². The first-order chi connectivity index (χ1) is 12.2. The molecular formula is C18H27N5OS. The number of imidazole rings is 1. The van der Waals surface area contributed by atoms with E-state index in [2.05, 4.69) is 39.4 Å². The predicted molar refractivity (Wildman–Crippen MR) is 104 cm³/mol. The lowest BCUT2D eigenvalue weighted by atomic mass is 10.2. The fourth-order valence-electron chi connectivity index (χ4n) is 3.14. The normalized spacial score (nSPS) is 15.7. The lowest BCUT2D eigenvalue weighted by Crippen LogP contribution is -2.52. The maximum absolute atomic E-state index is 12.3. The molecule has 1 aromatic carbocycles. The summed E-state index contributed by atoms with van der Waals surface area (Å²) in [6, 6.07) is 6.17. The highest BCUT2D eigenvalue weighted by molar-refractivity contribution is 7.98. The van der Waals surface area contributed by atoms with Gasteiger partial charge in [-0.15, -0.1) is 0 Å². The quantitative estimate of drug-likeness (QED) is 0.827. The summed E-state index contributed by atoms with van der Waals surface area (Å²) < 4.78 is 0. The summed E-state index contributed by atoms with van der Waals surface area (Å²) in [5.74, 6) is 2.08. The molecule has 2 aromatic rings. The SMILES string of the molecule is CSCCN1CCN(C(=O)NCCc2nc3c(C)cccc3[nH]2)CC1. The van der Waals surface area contributed by atoms with E-state index in [0.717, 1.165) is 55.3 Å². The molecule has 1 aromatic heterocycles. The average Bonchev–Trinajstić information content (AvgIpc) is 3.05. The lowest BCUT2D eigenvalue weighted by molar-refractivity contribution is 0.144. The van der Waals surface area contributed by atoms with Crippen molar-refractivity contribution in [2.45, 2.75) is 13.3 Å². The minimum Gasteiger partial charge on any atom is -0.342 e. The van der Waals surface area contributed by atoms with Crippen molar-refractivity contribution < 1.29 is 4.79 Å². The Kier molecular flexibility index (Phi) is 6.20. The first-order valence-electron chi connectivity index (χ1n) is 8.85. The molecule has 0 unspecified atom stereocenters. The number of carbonyl (C=O) groups excluding carboxylic acids is 1. The molecule has 1 fully saturated rings. The zero-order valence-corrected chi connectivity index (χ0v) is 15.9. The fourth-order valence-corrected chi connectivity index (χ4v) is 3.58. The third kappa shape index (κ3) is 4.67. The molecule has 0 radical (unpaired) electrons. The third-order valence-corrected chi connectivity index (χ3v) is 5.26. The summed E-state index contributed by atoms with van der Waals surface area (Å²) in [6.45, 7) is 7.34. The van der Waals surface area contributed by atoms with Crippen molar-refractivity contribution in [1.29, 1.82) is 0 Å². The van der Waals surface area contributed by atoms with E-state index >= 15 is 0 Å². The number of para-hydroxylation sites is 1. The van der Waals surface area contributed by atoms with Gasteiger partial charge in [-0.2, -0.15) is 11.8 Å². The van der Waals surface area contributed by atoms with Crippen molar-refractivity contribution in [1.82, 2.24) is 25.1 Å². The Labute approximate surface area is 153 Å². The van der Waals surface area contributed by atoms with Crippen LogP contribution in [0.3, 0.4) is 0 Å². The van der Waals surface area contributed by atoms with Gasteiger partial charge in [0.15, 0.2) is 0 Å². The number of aromatic nitrogens is 2. The summed E-state index contributed by atoms with van der Waals surface area (Å²) in [4.78, 5) is 24.6. The zero-order chi connectivity index (χ0) is 17.6. The molecule has 6 nitrogen and oxygen atoms in total. The number of carbonyl (C=O) groups is 1. The van der Waals surface area contributed by atoms with Gasteiger partial charge in [-0.25, -0.2) is 9.78 Å². The van der Waals surface area contributed by atoms with Crippen LogP contribution in [0.25, 0.3) is 11.0 Å². The zero-order valence-electron chi connectivity index (χ0n) is 15.0. The largest absolute Gasteiger partial charge is 0.342 e. The number of piperazine rings is 1. The number of rotatable bonds is 6. The van der Waals surface area contributed by atoms with E-state index in [1.165, 1.54) is 5.56 Å². The van der Waals surface area contributed by atoms with Gasteiger partial charge in [-0.05, 0) is 24.8 Å². The Morgan fingerprint density at radius 1 is 1.32 bits per heavy atom. The molecule has 1 aliphatic heterocycles. The predicted octanol–water partition coefficient (Wildman–Crippen LogP) is 2.10. The first-order valence-corrected chi connectivity index (χ1v) is 10.2. The van der Waals surface area contributed by atoms with Crippen molar-refractivity contribution >= 4 is 28.8 Å². The summed E-state index contributed by atoms with van der Waals surface area (Å²) >= 11 is 1.87. The second kappa shape index (κ2) is 8.58. The van der Waals surface area contributed by atoms with Crippen LogP contribution in [0.5, 0.6) is 0 Å². The number of aryl methyl sites for hydroxylation is 1. The van der Waals surface area contributed by atoms with Gasteiger partial charge in [-0.3, -0.25) is 4.90 Å². The number of fused-ring (bicyclic) bond motifs is 1. The molecule has 2 N–H and O–H groups in total. The van der Waals surface area contributed by atoms with Crippen LogP contribution in [0, 0.1) is 6.92 Å². The van der Waals surface area contributed by atoms with Crippen molar-refractivity contribution in [2.24, 2.45) is 0 Å². The van der Waals surface area contributed by atoms with Gasteiger partial charge in [-0.1, -0.05) is 12.1 Å². The highest BCUT2D eigenvalue weighted by atomic mass is 32.2. The van der Waals surface area contributed by atoms with Crippen LogP contribution in [-0.2, 0) is 6.42 Å². The number of nitrogens with zero attached hydrogens (tertiary/aromatic N) is 3. The van der Waals surface area contributed by atoms with E-state index in [-0.39, 0.29) is 6.03 Å². The monoisotopic (exact) mass is 361 g/mol. The van der Waals surface area contributed by atoms with Crippen LogP contribution >= 0.6 is 11.8 Å². The minimum atomic E-state index is 0.0387. The number of H-pyrrole nitrogens is 1. The Balaban J connectivity index is 1.42. The summed E-state index contributed by atoms with van der Waals surface area (Å²) in [5, 5.41) is 3.02. The molecule has 2 amide bonds. The molecule has 0 aliphatic carbocycles. The summed E-state index contributed by atoms with van der Waals surface area (Å²) in [6.07, 6.45) is 2.85. The Hall–Kier alpha value is -1.73. The molecule has 3 rings (SSSR count). The third-order valence-electron chi connectivity index (χ3n) is 4.67. The van der Waals surface area contributed by atoms with Gasteiger partial charge in [0, 0.05) is 51.4 Å². The molecule has 0 bridgehead atoms. The van der Waals surface area contributed by atoms with Crippen LogP contribution in [-0.4, -0.2) is 77.1 Å². The number of hydrogen-bond donors (Lipinski definition) is 2. The molecule has 2 heterocycles. The Morgan fingerprint density at radius 2 is 2.12 bits per heavy atom. The van der Waals surface area contributed by atoms with Crippen LogP contribution in [0.1, 0.15) is 11.4 Å². The fraction of sp³-hybridized carbons (Fsp3) is 0.556. The van der Waals surface area contributed by atoms with Crippen LogP contribution < -0.4 is 5.32 Å². The van der Waals surface area contributed by atoms with E-state index < -0.39 is 0 Å². The molecule has 0 spiro atoms. The highest BCUT2D eigenvalue weighted by Crippen LogP contribution is 2.15. The maximum Gasteiger partial charge on any atom is 0.317 e. The number of thioether (sulfide) groups is 1. The van der Waals surface area contributed by atoms with Crippen LogP contribution in [0.2, 0.25) is 0 Å². The molecule has 1 saturated heterocycles. The van der Waals surface area contributed by atoms with Gasteiger partial charge in [0.25, 0.3) is 0 Å².